The minimum absolute atomic E-state index is 0.201. The van der Waals surface area contributed by atoms with E-state index in [0.29, 0.717) is 16.7 Å². The predicted octanol–water partition coefficient (Wildman–Crippen LogP) is 3.41. The Labute approximate surface area is 150 Å². The van der Waals surface area contributed by atoms with Crippen LogP contribution < -0.4 is 0 Å². The second kappa shape index (κ2) is 5.88. The molecular weight excluding hydrogens is 333 g/mol. The first-order valence-electron chi connectivity index (χ1n) is 8.46. The molecule has 1 fully saturated rings. The molecule has 2 heterocycles. The maximum absolute atomic E-state index is 13.7. The maximum atomic E-state index is 13.7. The van der Waals surface area contributed by atoms with Crippen molar-refractivity contribution in [3.63, 3.8) is 0 Å². The molecule has 0 spiro atoms. The number of hydrogen-bond donors (Lipinski definition) is 0. The van der Waals surface area contributed by atoms with Gasteiger partial charge in [-0.05, 0) is 48.7 Å². The van der Waals surface area contributed by atoms with E-state index in [0.717, 1.165) is 5.56 Å². The molecule has 0 saturated carbocycles. The summed E-state index contributed by atoms with van der Waals surface area (Å²) < 4.78 is 19.7. The van der Waals surface area contributed by atoms with E-state index in [-0.39, 0.29) is 24.2 Å². The fourth-order valence-electron chi connectivity index (χ4n) is 3.51. The molecule has 1 unspecified atom stereocenters. The van der Waals surface area contributed by atoms with Crippen molar-refractivity contribution in [2.75, 3.05) is 0 Å². The van der Waals surface area contributed by atoms with Gasteiger partial charge in [0.1, 0.15) is 5.82 Å². The summed E-state index contributed by atoms with van der Waals surface area (Å²) in [6, 6.07) is 13.7. The number of halogens is 1. The van der Waals surface area contributed by atoms with Gasteiger partial charge in [0.05, 0.1) is 17.7 Å². The molecule has 0 aliphatic carbocycles. The Morgan fingerprint density at radius 3 is 2.58 bits per heavy atom. The number of likely N-dealkylation sites (tertiary alicyclic amines) is 1. The minimum Gasteiger partial charge on any atom is -0.353 e. The zero-order chi connectivity index (χ0) is 18.5. The molecule has 2 aliphatic rings. The largest absolute Gasteiger partial charge is 0.353 e. The summed E-state index contributed by atoms with van der Waals surface area (Å²) in [5, 5.41) is 0. The third kappa shape index (κ3) is 2.65. The van der Waals surface area contributed by atoms with E-state index in [4.69, 9.17) is 4.74 Å². The molecule has 1 atom stereocenters. The molecule has 0 N–H and O–H groups in total. The van der Waals surface area contributed by atoms with Crippen molar-refractivity contribution in [1.82, 2.24) is 4.90 Å². The van der Waals surface area contributed by atoms with Crippen molar-refractivity contribution in [3.05, 3.63) is 76.6 Å². The average Bonchev–Trinajstić information content (AvgIpc) is 2.75. The highest BCUT2D eigenvalue weighted by Crippen LogP contribution is 2.39. The second-order valence-electron chi connectivity index (χ2n) is 7.05. The Bertz CT molecular complexity index is 934. The highest BCUT2D eigenvalue weighted by Gasteiger charge is 2.48. The van der Waals surface area contributed by atoms with E-state index in [1.165, 1.54) is 17.0 Å². The van der Waals surface area contributed by atoms with E-state index in [9.17, 15) is 14.0 Å². The lowest BCUT2D eigenvalue weighted by atomic mass is 9.93. The third-order valence-electron chi connectivity index (χ3n) is 4.84. The SMILES string of the molecule is CC1(C)OC2C(=O)N(Cc3ccccc3)C(=O)C2=Cc2ccc(F)cc21. The van der Waals surface area contributed by atoms with Gasteiger partial charge in [-0.3, -0.25) is 14.5 Å². The molecule has 2 aromatic rings. The topological polar surface area (TPSA) is 46.6 Å². The van der Waals surface area contributed by atoms with Gasteiger partial charge in [0.25, 0.3) is 11.8 Å². The predicted molar refractivity (Wildman–Crippen MR) is 94.3 cm³/mol. The Balaban J connectivity index is 1.76. The van der Waals surface area contributed by atoms with E-state index >= 15 is 0 Å². The molecule has 26 heavy (non-hydrogen) atoms. The van der Waals surface area contributed by atoms with Crippen LogP contribution in [0.4, 0.5) is 4.39 Å². The van der Waals surface area contributed by atoms with Crippen LogP contribution in [-0.4, -0.2) is 22.8 Å². The molecule has 2 aliphatic heterocycles. The Kier molecular flexibility index (Phi) is 3.77. The highest BCUT2D eigenvalue weighted by atomic mass is 19.1. The summed E-state index contributed by atoms with van der Waals surface area (Å²) in [6.07, 6.45) is 0.677. The smallest absolute Gasteiger partial charge is 0.263 e. The second-order valence-corrected chi connectivity index (χ2v) is 7.05. The van der Waals surface area contributed by atoms with Crippen LogP contribution in [0.2, 0.25) is 0 Å². The number of imide groups is 1. The molecule has 2 aromatic carbocycles. The highest BCUT2D eigenvalue weighted by molar-refractivity contribution is 6.18. The van der Waals surface area contributed by atoms with Gasteiger partial charge in [0.2, 0.25) is 0 Å². The van der Waals surface area contributed by atoms with Crippen LogP contribution in [0.3, 0.4) is 0 Å². The number of ether oxygens (including phenoxy) is 1. The van der Waals surface area contributed by atoms with Gasteiger partial charge in [-0.25, -0.2) is 4.39 Å². The van der Waals surface area contributed by atoms with Crippen molar-refractivity contribution in [2.45, 2.75) is 32.1 Å². The first-order valence-corrected chi connectivity index (χ1v) is 8.46. The minimum atomic E-state index is -0.975. The lowest BCUT2D eigenvalue weighted by molar-refractivity contribution is -0.148. The summed E-state index contributed by atoms with van der Waals surface area (Å²) in [7, 11) is 0. The Morgan fingerprint density at radius 1 is 1.12 bits per heavy atom. The lowest BCUT2D eigenvalue weighted by Gasteiger charge is -2.28. The maximum Gasteiger partial charge on any atom is 0.263 e. The first kappa shape index (κ1) is 16.7. The third-order valence-corrected chi connectivity index (χ3v) is 4.84. The van der Waals surface area contributed by atoms with Gasteiger partial charge in [-0.2, -0.15) is 0 Å². The molecule has 1 saturated heterocycles. The van der Waals surface area contributed by atoms with Crippen LogP contribution in [0.25, 0.3) is 6.08 Å². The van der Waals surface area contributed by atoms with Crippen LogP contribution in [-0.2, 0) is 26.5 Å². The molecule has 4 nitrogen and oxygen atoms in total. The molecular formula is C21H18FNO3. The number of fused-ring (bicyclic) bond motifs is 2. The van der Waals surface area contributed by atoms with Gasteiger partial charge in [0.15, 0.2) is 6.10 Å². The van der Waals surface area contributed by atoms with Gasteiger partial charge in [-0.15, -0.1) is 0 Å². The van der Waals surface area contributed by atoms with Crippen LogP contribution in [0.15, 0.2) is 54.1 Å². The van der Waals surface area contributed by atoms with Gasteiger partial charge in [0, 0.05) is 0 Å². The molecule has 132 valence electrons. The molecule has 2 amide bonds. The monoisotopic (exact) mass is 351 g/mol. The summed E-state index contributed by atoms with van der Waals surface area (Å²) in [5.41, 5.74) is 1.57. The summed E-state index contributed by atoms with van der Waals surface area (Å²) >= 11 is 0. The van der Waals surface area contributed by atoms with Gasteiger partial charge >= 0.3 is 0 Å². The summed E-state index contributed by atoms with van der Waals surface area (Å²) in [5.74, 6) is -1.13. The fraction of sp³-hybridized carbons (Fsp3) is 0.238. The van der Waals surface area contributed by atoms with Crippen molar-refractivity contribution in [2.24, 2.45) is 0 Å². The molecule has 5 heteroatoms. The first-order chi connectivity index (χ1) is 12.4. The molecule has 0 radical (unpaired) electrons. The Hall–Kier alpha value is -2.79. The van der Waals surface area contributed by atoms with Crippen LogP contribution in [0.1, 0.15) is 30.5 Å². The van der Waals surface area contributed by atoms with Gasteiger partial charge in [-0.1, -0.05) is 36.4 Å². The van der Waals surface area contributed by atoms with E-state index < -0.39 is 11.7 Å². The molecule has 0 aromatic heterocycles. The van der Waals surface area contributed by atoms with E-state index in [1.807, 2.05) is 30.3 Å². The number of rotatable bonds is 2. The van der Waals surface area contributed by atoms with Crippen molar-refractivity contribution < 1.29 is 18.7 Å². The fourth-order valence-corrected chi connectivity index (χ4v) is 3.51. The quantitative estimate of drug-likeness (QED) is 0.779. The lowest BCUT2D eigenvalue weighted by Crippen LogP contribution is -2.36. The van der Waals surface area contributed by atoms with E-state index in [1.54, 1.807) is 26.0 Å². The standard InChI is InChI=1S/C21H18FNO3/c1-21(2)17-11-15(22)9-8-14(17)10-16-18(26-21)20(25)23(19(16)24)12-13-6-4-3-5-7-13/h3-11,18H,12H2,1-2H3. The number of nitrogens with zero attached hydrogens (tertiary/aromatic N) is 1. The normalized spacial score (nSPS) is 21.1. The van der Waals surface area contributed by atoms with Crippen molar-refractivity contribution in [3.8, 4) is 0 Å². The van der Waals surface area contributed by atoms with Crippen molar-refractivity contribution in [1.29, 1.82) is 0 Å². The van der Waals surface area contributed by atoms with Crippen LogP contribution in [0.5, 0.6) is 0 Å². The van der Waals surface area contributed by atoms with E-state index in [2.05, 4.69) is 0 Å². The zero-order valence-electron chi connectivity index (χ0n) is 14.5. The number of amides is 2. The number of carbonyl (C=O) groups excluding carboxylic acids is 2. The van der Waals surface area contributed by atoms with Crippen LogP contribution >= 0.6 is 0 Å². The molecule has 4 rings (SSSR count). The summed E-state index contributed by atoms with van der Waals surface area (Å²) in [4.78, 5) is 27.0. The number of benzene rings is 2. The zero-order valence-corrected chi connectivity index (χ0v) is 14.5. The van der Waals surface area contributed by atoms with Gasteiger partial charge < -0.3 is 4.74 Å². The average molecular weight is 351 g/mol. The number of hydrogen-bond acceptors (Lipinski definition) is 3. The Morgan fingerprint density at radius 2 is 1.85 bits per heavy atom. The molecule has 0 bridgehead atoms. The van der Waals surface area contributed by atoms with Crippen LogP contribution in [0, 0.1) is 5.82 Å². The van der Waals surface area contributed by atoms with Crippen molar-refractivity contribution >= 4 is 17.9 Å². The number of carbonyl (C=O) groups is 2. The summed E-state index contributed by atoms with van der Waals surface area (Å²) in [6.45, 7) is 3.76.